The van der Waals surface area contributed by atoms with Gasteiger partial charge in [0, 0.05) is 11.6 Å². The molecule has 1 heterocycles. The highest BCUT2D eigenvalue weighted by Gasteiger charge is 2.35. The molecule has 0 saturated carbocycles. The van der Waals surface area contributed by atoms with Crippen molar-refractivity contribution in [2.45, 2.75) is 136 Å². The Hall–Kier alpha value is -0.700. The quantitative estimate of drug-likeness (QED) is 0.243. The fourth-order valence-corrected chi connectivity index (χ4v) is 4.35. The first-order valence-corrected chi connectivity index (χ1v) is 12.0. The molecule has 0 radical (unpaired) electrons. The van der Waals surface area contributed by atoms with E-state index in [0.29, 0.717) is 0 Å². The molecule has 0 spiro atoms. The van der Waals surface area contributed by atoms with Crippen molar-refractivity contribution in [1.29, 1.82) is 0 Å². The van der Waals surface area contributed by atoms with Crippen molar-refractivity contribution in [3.05, 3.63) is 12.0 Å². The van der Waals surface area contributed by atoms with Gasteiger partial charge in [-0.1, -0.05) is 111 Å². The first-order chi connectivity index (χ1) is 13.2. The summed E-state index contributed by atoms with van der Waals surface area (Å²) in [5.41, 5.74) is 0.0988. The summed E-state index contributed by atoms with van der Waals surface area (Å²) >= 11 is 0. The molecule has 0 aliphatic carbocycles. The van der Waals surface area contributed by atoms with Gasteiger partial charge in [0.25, 0.3) is 6.41 Å². The molecule has 0 aromatic carbocycles. The third kappa shape index (κ3) is 9.87. The van der Waals surface area contributed by atoms with Crippen molar-refractivity contribution < 1.29 is 9.84 Å². The second-order valence-corrected chi connectivity index (χ2v) is 8.48. The molecule has 0 fully saturated rings. The van der Waals surface area contributed by atoms with Gasteiger partial charge < -0.3 is 15.2 Å². The third-order valence-electron chi connectivity index (χ3n) is 6.48. The Labute approximate surface area is 169 Å². The van der Waals surface area contributed by atoms with Gasteiger partial charge in [-0.15, -0.1) is 0 Å². The summed E-state index contributed by atoms with van der Waals surface area (Å²) in [5, 5.41) is 12.4. The number of nitrogens with one attached hydrogen (secondary N) is 1. The molecule has 160 valence electrons. The van der Waals surface area contributed by atoms with Crippen LogP contribution < -0.4 is 5.32 Å². The number of hydrogen-bond donors (Lipinski definition) is 2. The van der Waals surface area contributed by atoms with Crippen LogP contribution in [0.25, 0.3) is 0 Å². The van der Waals surface area contributed by atoms with Gasteiger partial charge in [0.15, 0.2) is 0 Å². The van der Waals surface area contributed by atoms with Crippen molar-refractivity contribution in [3.63, 3.8) is 0 Å². The van der Waals surface area contributed by atoms with Gasteiger partial charge in [-0.3, -0.25) is 0 Å². The highest BCUT2D eigenvalue weighted by molar-refractivity contribution is 5.10. The first kappa shape index (κ1) is 24.3. The molecule has 3 heteroatoms. The minimum atomic E-state index is -0.853. The van der Waals surface area contributed by atoms with Gasteiger partial charge in [0.1, 0.15) is 5.76 Å². The number of aliphatic hydroxyl groups is 1. The number of aliphatic hydroxyl groups excluding tert-OH is 1. The number of allylic oxidation sites excluding steroid dienone is 1. The number of rotatable bonds is 18. The predicted molar refractivity (Wildman–Crippen MR) is 116 cm³/mol. The van der Waals surface area contributed by atoms with Crippen LogP contribution in [0.1, 0.15) is 130 Å². The van der Waals surface area contributed by atoms with Crippen LogP contribution in [0.2, 0.25) is 0 Å². The lowest BCUT2D eigenvalue weighted by Crippen LogP contribution is -2.25. The SMILES string of the molecule is CCCCCCCCCCCCCCCCC(CC)(CC)C1=CNC(O)O1. The van der Waals surface area contributed by atoms with E-state index in [9.17, 15) is 5.11 Å². The lowest BCUT2D eigenvalue weighted by Gasteiger charge is -2.32. The average molecular weight is 382 g/mol. The monoisotopic (exact) mass is 381 g/mol. The molecule has 1 atom stereocenters. The fourth-order valence-electron chi connectivity index (χ4n) is 4.35. The normalized spacial score (nSPS) is 16.9. The van der Waals surface area contributed by atoms with Crippen LogP contribution in [-0.2, 0) is 4.74 Å². The molecule has 0 amide bonds. The van der Waals surface area contributed by atoms with E-state index in [1.165, 1.54) is 89.9 Å². The van der Waals surface area contributed by atoms with Crippen LogP contribution in [0.4, 0.5) is 0 Å². The molecule has 0 aromatic heterocycles. The van der Waals surface area contributed by atoms with Gasteiger partial charge in [-0.25, -0.2) is 0 Å². The Kier molecular flexibility index (Phi) is 13.7. The summed E-state index contributed by atoms with van der Waals surface area (Å²) in [6, 6.07) is 0. The Bertz CT molecular complexity index is 377. The van der Waals surface area contributed by atoms with Gasteiger partial charge in [0.2, 0.25) is 0 Å². The molecular weight excluding hydrogens is 334 g/mol. The van der Waals surface area contributed by atoms with Crippen LogP contribution in [0.5, 0.6) is 0 Å². The summed E-state index contributed by atoms with van der Waals surface area (Å²) in [6.45, 7) is 6.76. The van der Waals surface area contributed by atoms with Crippen LogP contribution in [0.15, 0.2) is 12.0 Å². The van der Waals surface area contributed by atoms with Crippen molar-refractivity contribution in [2.75, 3.05) is 0 Å². The van der Waals surface area contributed by atoms with E-state index in [4.69, 9.17) is 4.74 Å². The summed E-state index contributed by atoms with van der Waals surface area (Å²) < 4.78 is 5.58. The summed E-state index contributed by atoms with van der Waals surface area (Å²) in [5.74, 6) is 0.953. The van der Waals surface area contributed by atoms with Crippen molar-refractivity contribution in [2.24, 2.45) is 5.41 Å². The predicted octanol–water partition coefficient (Wildman–Crippen LogP) is 7.40. The highest BCUT2D eigenvalue weighted by Crippen LogP contribution is 2.42. The zero-order valence-corrected chi connectivity index (χ0v) is 18.5. The average Bonchev–Trinajstić information content (AvgIpc) is 3.12. The van der Waals surface area contributed by atoms with E-state index in [-0.39, 0.29) is 5.41 Å². The van der Waals surface area contributed by atoms with Gasteiger partial charge in [-0.05, 0) is 19.3 Å². The van der Waals surface area contributed by atoms with E-state index in [1.807, 2.05) is 6.20 Å². The molecule has 0 saturated heterocycles. The van der Waals surface area contributed by atoms with Gasteiger partial charge >= 0.3 is 0 Å². The molecule has 1 rings (SSSR count). The van der Waals surface area contributed by atoms with Crippen LogP contribution in [0, 0.1) is 5.41 Å². The second-order valence-electron chi connectivity index (χ2n) is 8.48. The highest BCUT2D eigenvalue weighted by atomic mass is 16.6. The molecule has 1 aliphatic rings. The van der Waals surface area contributed by atoms with Crippen LogP contribution in [-0.4, -0.2) is 11.5 Å². The maximum Gasteiger partial charge on any atom is 0.278 e. The first-order valence-electron chi connectivity index (χ1n) is 12.0. The van der Waals surface area contributed by atoms with Crippen molar-refractivity contribution in [3.8, 4) is 0 Å². The maximum absolute atomic E-state index is 9.56. The van der Waals surface area contributed by atoms with E-state index >= 15 is 0 Å². The number of unbranched alkanes of at least 4 members (excludes halogenated alkanes) is 13. The van der Waals surface area contributed by atoms with E-state index in [1.54, 1.807) is 0 Å². The van der Waals surface area contributed by atoms with E-state index in [2.05, 4.69) is 26.1 Å². The molecule has 2 N–H and O–H groups in total. The van der Waals surface area contributed by atoms with E-state index < -0.39 is 6.41 Å². The van der Waals surface area contributed by atoms with Crippen LogP contribution >= 0.6 is 0 Å². The number of ether oxygens (including phenoxy) is 1. The molecule has 3 nitrogen and oxygen atoms in total. The van der Waals surface area contributed by atoms with E-state index in [0.717, 1.165) is 25.0 Å². The largest absolute Gasteiger partial charge is 0.449 e. The number of hydrogen-bond acceptors (Lipinski definition) is 3. The maximum atomic E-state index is 9.56. The van der Waals surface area contributed by atoms with Crippen LogP contribution in [0.3, 0.4) is 0 Å². The lowest BCUT2D eigenvalue weighted by atomic mass is 9.76. The molecule has 1 unspecified atom stereocenters. The molecule has 0 bridgehead atoms. The zero-order chi connectivity index (χ0) is 19.8. The molecular formula is C24H47NO2. The Morgan fingerprint density at radius 3 is 1.59 bits per heavy atom. The summed E-state index contributed by atoms with van der Waals surface area (Å²) in [4.78, 5) is 0. The topological polar surface area (TPSA) is 41.5 Å². The summed E-state index contributed by atoms with van der Waals surface area (Å²) in [6.07, 6.45) is 23.9. The Morgan fingerprint density at radius 2 is 1.22 bits per heavy atom. The van der Waals surface area contributed by atoms with Gasteiger partial charge in [-0.2, -0.15) is 0 Å². The smallest absolute Gasteiger partial charge is 0.278 e. The molecule has 27 heavy (non-hydrogen) atoms. The Balaban J connectivity index is 1.98. The minimum absolute atomic E-state index is 0.0988. The third-order valence-corrected chi connectivity index (χ3v) is 6.48. The molecule has 0 aromatic rings. The van der Waals surface area contributed by atoms with Gasteiger partial charge in [0.05, 0.1) is 0 Å². The fraction of sp³-hybridized carbons (Fsp3) is 0.917. The molecule has 1 aliphatic heterocycles. The Morgan fingerprint density at radius 1 is 0.778 bits per heavy atom. The second kappa shape index (κ2) is 15.2. The van der Waals surface area contributed by atoms with Crippen molar-refractivity contribution >= 4 is 0 Å². The van der Waals surface area contributed by atoms with Crippen molar-refractivity contribution in [1.82, 2.24) is 5.32 Å². The summed E-state index contributed by atoms with van der Waals surface area (Å²) in [7, 11) is 0. The zero-order valence-electron chi connectivity index (χ0n) is 18.5. The lowest BCUT2D eigenvalue weighted by molar-refractivity contribution is -0.0791. The standard InChI is InChI=1S/C24H47NO2/c1-4-7-8-9-10-11-12-13-14-15-16-17-18-19-20-24(5-2,6-3)22-21-25-23(26)27-22/h21,23,25-26H,4-20H2,1-3H3. The minimum Gasteiger partial charge on any atom is -0.449 e.